The molecule has 1 heterocycles. The van der Waals surface area contributed by atoms with Crippen LogP contribution in [0.15, 0.2) is 30.3 Å². The van der Waals surface area contributed by atoms with Crippen LogP contribution in [0.2, 0.25) is 5.02 Å². The van der Waals surface area contributed by atoms with Gasteiger partial charge in [0.2, 0.25) is 5.88 Å². The van der Waals surface area contributed by atoms with Gasteiger partial charge in [0, 0.05) is 12.1 Å². The molecule has 0 saturated heterocycles. The van der Waals surface area contributed by atoms with E-state index in [9.17, 15) is 13.6 Å². The molecule has 0 aliphatic heterocycles. The Labute approximate surface area is 148 Å². The Bertz CT molecular complexity index is 759. The molecule has 1 amide bonds. The van der Waals surface area contributed by atoms with Gasteiger partial charge in [-0.15, -0.1) is 0 Å². The lowest BCUT2D eigenvalue weighted by atomic mass is 10.3. The van der Waals surface area contributed by atoms with Crippen molar-refractivity contribution in [2.45, 2.75) is 19.9 Å². The number of rotatable bonds is 7. The third-order valence-electron chi connectivity index (χ3n) is 3.09. The normalized spacial score (nSPS) is 11.7. The first-order chi connectivity index (χ1) is 11.9. The molecule has 0 spiro atoms. The highest BCUT2D eigenvalue weighted by atomic mass is 35.5. The summed E-state index contributed by atoms with van der Waals surface area (Å²) in [6.07, 6.45) is 0. The monoisotopic (exact) mass is 370 g/mol. The fourth-order valence-corrected chi connectivity index (χ4v) is 2.14. The molecule has 1 N–H and O–H groups in total. The number of halogens is 3. The molecule has 0 aliphatic carbocycles. The molecule has 134 valence electrons. The van der Waals surface area contributed by atoms with E-state index in [1.54, 1.807) is 19.9 Å². The average molecular weight is 371 g/mol. The minimum atomic E-state index is -0.812. The van der Waals surface area contributed by atoms with Crippen LogP contribution in [0.5, 0.6) is 11.6 Å². The fraction of sp³-hybridized carbons (Fsp3) is 0.294. The SMILES string of the molecule is CCOc1ccc(Cl)c(C(=O)NC(C)COc2ccc(F)cc2F)n1. The Morgan fingerprint density at radius 3 is 2.72 bits per heavy atom. The van der Waals surface area contributed by atoms with Gasteiger partial charge in [0.15, 0.2) is 17.3 Å². The number of pyridine rings is 1. The van der Waals surface area contributed by atoms with E-state index in [0.717, 1.165) is 12.1 Å². The highest BCUT2D eigenvalue weighted by Gasteiger charge is 2.17. The van der Waals surface area contributed by atoms with Crippen LogP contribution in [0.1, 0.15) is 24.3 Å². The Kier molecular flexibility index (Phi) is 6.52. The summed E-state index contributed by atoms with van der Waals surface area (Å²) < 4.78 is 36.8. The van der Waals surface area contributed by atoms with Crippen LogP contribution in [-0.2, 0) is 0 Å². The Morgan fingerprint density at radius 2 is 2.04 bits per heavy atom. The number of nitrogens with zero attached hydrogens (tertiary/aromatic N) is 1. The molecule has 2 aromatic rings. The highest BCUT2D eigenvalue weighted by molar-refractivity contribution is 6.33. The van der Waals surface area contributed by atoms with Crippen molar-refractivity contribution in [3.8, 4) is 11.6 Å². The maximum atomic E-state index is 13.5. The summed E-state index contributed by atoms with van der Waals surface area (Å²) in [6.45, 7) is 3.85. The van der Waals surface area contributed by atoms with Crippen molar-refractivity contribution in [1.82, 2.24) is 10.3 Å². The second kappa shape index (κ2) is 8.62. The van der Waals surface area contributed by atoms with Crippen LogP contribution in [0.3, 0.4) is 0 Å². The fourth-order valence-electron chi connectivity index (χ4n) is 1.95. The molecule has 2 rings (SSSR count). The summed E-state index contributed by atoms with van der Waals surface area (Å²) in [5.41, 5.74) is 0.0208. The second-order valence-corrected chi connectivity index (χ2v) is 5.58. The van der Waals surface area contributed by atoms with Crippen molar-refractivity contribution >= 4 is 17.5 Å². The summed E-state index contributed by atoms with van der Waals surface area (Å²) in [5.74, 6) is -1.83. The molecule has 0 saturated carbocycles. The maximum Gasteiger partial charge on any atom is 0.271 e. The van der Waals surface area contributed by atoms with Gasteiger partial charge in [-0.1, -0.05) is 11.6 Å². The van der Waals surface area contributed by atoms with Crippen molar-refractivity contribution in [3.05, 3.63) is 52.7 Å². The zero-order valence-electron chi connectivity index (χ0n) is 13.7. The van der Waals surface area contributed by atoms with Gasteiger partial charge in [0.25, 0.3) is 5.91 Å². The number of benzene rings is 1. The van der Waals surface area contributed by atoms with E-state index in [4.69, 9.17) is 21.1 Å². The number of carbonyl (C=O) groups excluding carboxylic acids is 1. The van der Waals surface area contributed by atoms with Crippen LogP contribution < -0.4 is 14.8 Å². The van der Waals surface area contributed by atoms with Crippen molar-refractivity contribution < 1.29 is 23.0 Å². The van der Waals surface area contributed by atoms with Gasteiger partial charge in [-0.3, -0.25) is 4.79 Å². The number of hydrogen-bond donors (Lipinski definition) is 1. The molecule has 1 unspecified atom stereocenters. The molecule has 1 aromatic carbocycles. The van der Waals surface area contributed by atoms with Crippen LogP contribution in [0.4, 0.5) is 8.78 Å². The van der Waals surface area contributed by atoms with Gasteiger partial charge in [-0.05, 0) is 32.0 Å². The Hall–Kier alpha value is -2.41. The quantitative estimate of drug-likeness (QED) is 0.808. The van der Waals surface area contributed by atoms with Gasteiger partial charge < -0.3 is 14.8 Å². The average Bonchev–Trinajstić information content (AvgIpc) is 2.56. The number of ether oxygens (including phenoxy) is 2. The molecule has 0 bridgehead atoms. The smallest absolute Gasteiger partial charge is 0.271 e. The van der Waals surface area contributed by atoms with Crippen LogP contribution in [-0.4, -0.2) is 30.1 Å². The molecule has 1 aromatic heterocycles. The summed E-state index contributed by atoms with van der Waals surface area (Å²) in [4.78, 5) is 16.3. The predicted octanol–water partition coefficient (Wildman–Crippen LogP) is 3.61. The van der Waals surface area contributed by atoms with Gasteiger partial charge in [-0.2, -0.15) is 0 Å². The standard InChI is InChI=1S/C17H17ClF2N2O3/c1-3-24-15-7-5-12(18)16(22-15)17(23)21-10(2)9-25-14-6-4-11(19)8-13(14)20/h4-8,10H,3,9H2,1-2H3,(H,21,23). The molecule has 8 heteroatoms. The largest absolute Gasteiger partial charge is 0.488 e. The number of carbonyl (C=O) groups is 1. The molecule has 0 fully saturated rings. The minimum Gasteiger partial charge on any atom is -0.488 e. The first kappa shape index (κ1) is 18.9. The number of aromatic nitrogens is 1. The van der Waals surface area contributed by atoms with E-state index in [1.165, 1.54) is 12.1 Å². The summed E-state index contributed by atoms with van der Waals surface area (Å²) in [6, 6.07) is 5.61. The summed E-state index contributed by atoms with van der Waals surface area (Å²) in [7, 11) is 0. The van der Waals surface area contributed by atoms with Gasteiger partial charge in [0.05, 0.1) is 17.7 Å². The van der Waals surface area contributed by atoms with E-state index in [1.807, 2.05) is 0 Å². The predicted molar refractivity (Wildman–Crippen MR) is 89.2 cm³/mol. The van der Waals surface area contributed by atoms with Crippen LogP contribution in [0.25, 0.3) is 0 Å². The first-order valence-electron chi connectivity index (χ1n) is 7.58. The van der Waals surface area contributed by atoms with Gasteiger partial charge in [0.1, 0.15) is 12.4 Å². The van der Waals surface area contributed by atoms with E-state index < -0.39 is 23.6 Å². The van der Waals surface area contributed by atoms with Crippen LogP contribution >= 0.6 is 11.6 Å². The van der Waals surface area contributed by atoms with E-state index >= 15 is 0 Å². The first-order valence-corrected chi connectivity index (χ1v) is 7.96. The highest BCUT2D eigenvalue weighted by Crippen LogP contribution is 2.19. The van der Waals surface area contributed by atoms with Gasteiger partial charge >= 0.3 is 0 Å². The topological polar surface area (TPSA) is 60.5 Å². The number of hydrogen-bond acceptors (Lipinski definition) is 4. The Balaban J connectivity index is 1.96. The summed E-state index contributed by atoms with van der Waals surface area (Å²) >= 11 is 5.99. The molecule has 0 aliphatic rings. The number of amides is 1. The molecule has 5 nitrogen and oxygen atoms in total. The van der Waals surface area contributed by atoms with Crippen molar-refractivity contribution in [1.29, 1.82) is 0 Å². The lowest BCUT2D eigenvalue weighted by molar-refractivity contribution is 0.0920. The summed E-state index contributed by atoms with van der Waals surface area (Å²) in [5, 5.41) is 2.82. The number of nitrogens with one attached hydrogen (secondary N) is 1. The van der Waals surface area contributed by atoms with Crippen molar-refractivity contribution in [2.24, 2.45) is 0 Å². The molecule has 25 heavy (non-hydrogen) atoms. The molecule has 0 radical (unpaired) electrons. The van der Waals surface area contributed by atoms with Crippen LogP contribution in [0, 0.1) is 11.6 Å². The Morgan fingerprint density at radius 1 is 1.28 bits per heavy atom. The zero-order chi connectivity index (χ0) is 18.4. The minimum absolute atomic E-state index is 0.0168. The third-order valence-corrected chi connectivity index (χ3v) is 3.39. The molecule has 1 atom stereocenters. The zero-order valence-corrected chi connectivity index (χ0v) is 14.4. The van der Waals surface area contributed by atoms with E-state index in [-0.39, 0.29) is 29.0 Å². The molecular formula is C17H17ClF2N2O3. The second-order valence-electron chi connectivity index (χ2n) is 5.17. The lowest BCUT2D eigenvalue weighted by Crippen LogP contribution is -2.37. The van der Waals surface area contributed by atoms with Crippen molar-refractivity contribution in [2.75, 3.05) is 13.2 Å². The lowest BCUT2D eigenvalue weighted by Gasteiger charge is -2.16. The van der Waals surface area contributed by atoms with E-state index in [2.05, 4.69) is 10.3 Å². The maximum absolute atomic E-state index is 13.5. The molecular weight excluding hydrogens is 354 g/mol. The third kappa shape index (κ3) is 5.29. The van der Waals surface area contributed by atoms with E-state index in [0.29, 0.717) is 6.61 Å². The van der Waals surface area contributed by atoms with Gasteiger partial charge in [-0.25, -0.2) is 13.8 Å². The van der Waals surface area contributed by atoms with Crippen molar-refractivity contribution in [3.63, 3.8) is 0 Å².